The van der Waals surface area contributed by atoms with Gasteiger partial charge in [0.1, 0.15) is 12.3 Å². The van der Waals surface area contributed by atoms with E-state index in [1.165, 1.54) is 0 Å². The van der Waals surface area contributed by atoms with Crippen LogP contribution in [0.2, 0.25) is 5.02 Å². The summed E-state index contributed by atoms with van der Waals surface area (Å²) in [4.78, 5) is 16.4. The second-order valence-electron chi connectivity index (χ2n) is 4.28. The normalized spacial score (nSPS) is 10.3. The largest absolute Gasteiger partial charge is 0.474 e. The van der Waals surface area contributed by atoms with Crippen molar-refractivity contribution >= 4 is 45.8 Å². The molecule has 116 valence electrons. The van der Waals surface area contributed by atoms with Gasteiger partial charge >= 0.3 is 0 Å². The fraction of sp³-hybridized carbons (Fsp3) is 0.200. The highest BCUT2D eigenvalue weighted by Crippen LogP contribution is 2.23. The molecule has 1 N–H and O–H groups in total. The van der Waals surface area contributed by atoms with Crippen LogP contribution in [0.15, 0.2) is 36.5 Å². The maximum absolute atomic E-state index is 12.3. The molecule has 0 spiro atoms. The molecule has 0 radical (unpaired) electrons. The second-order valence-corrected chi connectivity index (χ2v) is 5.85. The van der Waals surface area contributed by atoms with Crippen LogP contribution >= 0.6 is 34.2 Å². The summed E-state index contributed by atoms with van der Waals surface area (Å²) in [6.45, 7) is 0.800. The molecule has 1 aromatic heterocycles. The van der Waals surface area contributed by atoms with Crippen LogP contribution in [-0.2, 0) is 4.74 Å². The van der Waals surface area contributed by atoms with Crippen molar-refractivity contribution in [1.82, 2.24) is 4.98 Å². The van der Waals surface area contributed by atoms with Crippen molar-refractivity contribution in [1.29, 1.82) is 0 Å². The number of ether oxygens (including phenoxy) is 2. The fourth-order valence-electron chi connectivity index (χ4n) is 1.65. The quantitative estimate of drug-likeness (QED) is 0.559. The summed E-state index contributed by atoms with van der Waals surface area (Å²) in [6, 6.07) is 8.54. The Bertz CT molecular complexity index is 667. The van der Waals surface area contributed by atoms with Crippen LogP contribution in [0.1, 0.15) is 10.4 Å². The first-order valence-electron chi connectivity index (χ1n) is 6.45. The van der Waals surface area contributed by atoms with E-state index in [1.54, 1.807) is 43.6 Å². The van der Waals surface area contributed by atoms with Gasteiger partial charge in [0.05, 0.1) is 11.6 Å². The van der Waals surface area contributed by atoms with Crippen LogP contribution in [0, 0.1) is 3.57 Å². The van der Waals surface area contributed by atoms with E-state index < -0.39 is 0 Å². The van der Waals surface area contributed by atoms with Crippen molar-refractivity contribution in [3.05, 3.63) is 50.7 Å². The topological polar surface area (TPSA) is 60.5 Å². The molecule has 2 rings (SSSR count). The van der Waals surface area contributed by atoms with Crippen molar-refractivity contribution in [3.63, 3.8) is 0 Å². The van der Waals surface area contributed by atoms with Gasteiger partial charge in [0.15, 0.2) is 0 Å². The molecular weight excluding hydrogens is 419 g/mol. The molecule has 5 nitrogen and oxygen atoms in total. The number of benzene rings is 1. The number of hydrogen-bond acceptors (Lipinski definition) is 4. The summed E-state index contributed by atoms with van der Waals surface area (Å²) in [6.07, 6.45) is 1.60. The number of hydrogen-bond donors (Lipinski definition) is 1. The summed E-state index contributed by atoms with van der Waals surface area (Å²) in [5.74, 6) is 0.107. The van der Waals surface area contributed by atoms with Crippen LogP contribution in [0.25, 0.3) is 0 Å². The number of anilines is 1. The molecule has 1 heterocycles. The minimum absolute atomic E-state index is 0.251. The third-order valence-electron chi connectivity index (χ3n) is 2.73. The van der Waals surface area contributed by atoms with Crippen molar-refractivity contribution in [2.75, 3.05) is 25.6 Å². The van der Waals surface area contributed by atoms with Crippen LogP contribution < -0.4 is 10.1 Å². The highest BCUT2D eigenvalue weighted by Gasteiger charge is 2.12. The molecule has 22 heavy (non-hydrogen) atoms. The zero-order valence-electron chi connectivity index (χ0n) is 11.8. The Morgan fingerprint density at radius 2 is 2.18 bits per heavy atom. The lowest BCUT2D eigenvalue weighted by Crippen LogP contribution is -2.14. The second kappa shape index (κ2) is 8.30. The first kappa shape index (κ1) is 17.0. The van der Waals surface area contributed by atoms with Gasteiger partial charge < -0.3 is 14.8 Å². The smallest absolute Gasteiger partial charge is 0.255 e. The highest BCUT2D eigenvalue weighted by atomic mass is 127. The maximum atomic E-state index is 12.3. The Balaban J connectivity index is 2.12. The van der Waals surface area contributed by atoms with Gasteiger partial charge in [-0.25, -0.2) is 4.98 Å². The first-order chi connectivity index (χ1) is 10.6. The molecule has 0 aliphatic rings. The summed E-state index contributed by atoms with van der Waals surface area (Å²) in [5, 5.41) is 3.40. The molecule has 2 aromatic rings. The van der Waals surface area contributed by atoms with Gasteiger partial charge in [-0.2, -0.15) is 0 Å². The molecular formula is C15H14ClIN2O3. The summed E-state index contributed by atoms with van der Waals surface area (Å²) in [5.41, 5.74) is 1.02. The summed E-state index contributed by atoms with van der Waals surface area (Å²) >= 11 is 8.04. The van der Waals surface area contributed by atoms with Gasteiger partial charge in [0, 0.05) is 22.4 Å². The number of aromatic nitrogens is 1. The minimum atomic E-state index is -0.251. The maximum Gasteiger partial charge on any atom is 0.255 e. The molecule has 0 bridgehead atoms. The van der Waals surface area contributed by atoms with E-state index in [4.69, 9.17) is 21.1 Å². The van der Waals surface area contributed by atoms with Gasteiger partial charge in [-0.3, -0.25) is 4.79 Å². The van der Waals surface area contributed by atoms with Gasteiger partial charge in [0.2, 0.25) is 5.88 Å². The highest BCUT2D eigenvalue weighted by molar-refractivity contribution is 14.1. The minimum Gasteiger partial charge on any atom is -0.474 e. The van der Waals surface area contributed by atoms with E-state index in [2.05, 4.69) is 32.9 Å². The van der Waals surface area contributed by atoms with E-state index in [9.17, 15) is 4.79 Å². The molecule has 0 saturated carbocycles. The fourth-order valence-corrected chi connectivity index (χ4v) is 2.29. The molecule has 0 unspecified atom stereocenters. The molecule has 7 heteroatoms. The standard InChI is InChI=1S/C15H14ClIN2O3/c1-21-7-8-22-15-13(3-2-6-18-15)19-14(20)10-4-5-11(16)12(17)9-10/h2-6,9H,7-8H2,1H3,(H,19,20). The first-order valence-corrected chi connectivity index (χ1v) is 7.90. The van der Waals surface area contributed by atoms with Gasteiger partial charge in [-0.15, -0.1) is 0 Å². The van der Waals surface area contributed by atoms with E-state index in [0.717, 1.165) is 3.57 Å². The summed E-state index contributed by atoms with van der Waals surface area (Å²) in [7, 11) is 1.59. The van der Waals surface area contributed by atoms with Crippen molar-refractivity contribution in [2.24, 2.45) is 0 Å². The van der Waals surface area contributed by atoms with E-state index in [1.807, 2.05) is 0 Å². The van der Waals surface area contributed by atoms with Gasteiger partial charge in [-0.05, 0) is 52.9 Å². The Kier molecular flexibility index (Phi) is 6.41. The molecule has 1 aromatic carbocycles. The molecule has 0 fully saturated rings. The Hall–Kier alpha value is -1.38. The monoisotopic (exact) mass is 432 g/mol. The number of rotatable bonds is 6. The zero-order chi connectivity index (χ0) is 15.9. The number of amides is 1. The average Bonchev–Trinajstić information content (AvgIpc) is 2.52. The van der Waals surface area contributed by atoms with Crippen LogP contribution in [0.5, 0.6) is 5.88 Å². The van der Waals surface area contributed by atoms with E-state index >= 15 is 0 Å². The number of pyridine rings is 1. The lowest BCUT2D eigenvalue weighted by Gasteiger charge is -2.11. The molecule has 0 aliphatic carbocycles. The molecule has 1 amide bonds. The van der Waals surface area contributed by atoms with Crippen LogP contribution in [0.3, 0.4) is 0 Å². The SMILES string of the molecule is COCCOc1ncccc1NC(=O)c1ccc(Cl)c(I)c1. The Morgan fingerprint density at radius 3 is 2.91 bits per heavy atom. The zero-order valence-corrected chi connectivity index (χ0v) is 14.7. The van der Waals surface area contributed by atoms with Crippen molar-refractivity contribution in [2.45, 2.75) is 0 Å². The number of carbonyl (C=O) groups is 1. The average molecular weight is 433 g/mol. The number of carbonyl (C=O) groups excluding carboxylic acids is 1. The predicted octanol–water partition coefficient (Wildman–Crippen LogP) is 3.62. The van der Waals surface area contributed by atoms with E-state index in [0.29, 0.717) is 35.4 Å². The van der Waals surface area contributed by atoms with Crippen molar-refractivity contribution < 1.29 is 14.3 Å². The van der Waals surface area contributed by atoms with Gasteiger partial charge in [0.25, 0.3) is 5.91 Å². The predicted molar refractivity (Wildman–Crippen MR) is 93.7 cm³/mol. The van der Waals surface area contributed by atoms with Crippen LogP contribution in [-0.4, -0.2) is 31.2 Å². The molecule has 0 atom stereocenters. The van der Waals surface area contributed by atoms with Crippen molar-refractivity contribution in [3.8, 4) is 5.88 Å². The molecule has 0 aliphatic heterocycles. The number of nitrogens with one attached hydrogen (secondary N) is 1. The summed E-state index contributed by atoms with van der Waals surface area (Å²) < 4.78 is 11.2. The number of halogens is 2. The molecule has 0 saturated heterocycles. The number of nitrogens with zero attached hydrogens (tertiary/aromatic N) is 1. The Labute approximate surface area is 147 Å². The third kappa shape index (κ3) is 4.56. The Morgan fingerprint density at radius 1 is 1.36 bits per heavy atom. The van der Waals surface area contributed by atoms with Crippen LogP contribution in [0.4, 0.5) is 5.69 Å². The lowest BCUT2D eigenvalue weighted by atomic mass is 10.2. The van der Waals surface area contributed by atoms with E-state index in [-0.39, 0.29) is 5.91 Å². The lowest BCUT2D eigenvalue weighted by molar-refractivity contribution is 0.102. The third-order valence-corrected chi connectivity index (χ3v) is 4.27. The van der Waals surface area contributed by atoms with Gasteiger partial charge in [-0.1, -0.05) is 11.6 Å². The number of methoxy groups -OCH3 is 1.